The molecule has 4 nitrogen and oxygen atoms in total. The van der Waals surface area contributed by atoms with Crippen molar-refractivity contribution in [3.8, 4) is 0 Å². The van der Waals surface area contributed by atoms with Gasteiger partial charge in [-0.05, 0) is 43.4 Å². The Balaban J connectivity index is 1.60. The minimum absolute atomic E-state index is 0.269. The molecular formula is C18H29N3OS2. The van der Waals surface area contributed by atoms with Crippen molar-refractivity contribution < 1.29 is 4.74 Å². The predicted molar refractivity (Wildman–Crippen MR) is 105 cm³/mol. The van der Waals surface area contributed by atoms with Gasteiger partial charge in [-0.15, -0.1) is 11.3 Å². The van der Waals surface area contributed by atoms with Gasteiger partial charge in [0.25, 0.3) is 0 Å². The predicted octanol–water partition coefficient (Wildman–Crippen LogP) is 3.31. The van der Waals surface area contributed by atoms with E-state index in [0.717, 1.165) is 31.4 Å². The lowest BCUT2D eigenvalue weighted by Gasteiger charge is -2.38. The van der Waals surface area contributed by atoms with E-state index in [1.165, 1.54) is 37.0 Å². The third-order valence-corrected chi connectivity index (χ3v) is 6.23. The third kappa shape index (κ3) is 4.91. The monoisotopic (exact) mass is 367 g/mol. The molecule has 2 aliphatic rings. The second-order valence-electron chi connectivity index (χ2n) is 6.85. The molecule has 2 heterocycles. The Morgan fingerprint density at radius 3 is 2.71 bits per heavy atom. The first-order valence-electron chi connectivity index (χ1n) is 9.16. The molecule has 0 aromatic carbocycles. The van der Waals surface area contributed by atoms with Gasteiger partial charge in [-0.3, -0.25) is 4.90 Å². The maximum Gasteiger partial charge on any atom is 0.166 e. The summed E-state index contributed by atoms with van der Waals surface area (Å²) in [5.41, 5.74) is 0. The normalized spacial score (nSPS) is 22.7. The molecule has 0 radical (unpaired) electrons. The van der Waals surface area contributed by atoms with Crippen molar-refractivity contribution in [3.05, 3.63) is 22.4 Å². The first kappa shape index (κ1) is 18.1. The first-order chi connectivity index (χ1) is 11.7. The fraction of sp³-hybridized carbons (Fsp3) is 0.722. The molecule has 2 fully saturated rings. The Kier molecular flexibility index (Phi) is 6.89. The minimum Gasteiger partial charge on any atom is -0.379 e. The highest BCUT2D eigenvalue weighted by molar-refractivity contribution is 7.80. The Bertz CT molecular complexity index is 496. The topological polar surface area (TPSA) is 36.5 Å². The lowest BCUT2D eigenvalue weighted by Crippen LogP contribution is -2.51. The second-order valence-corrected chi connectivity index (χ2v) is 8.24. The molecule has 134 valence electrons. The molecule has 2 atom stereocenters. The average molecular weight is 368 g/mol. The molecule has 0 amide bonds. The molecule has 1 saturated heterocycles. The van der Waals surface area contributed by atoms with E-state index in [0.29, 0.717) is 12.1 Å². The number of morpholine rings is 1. The average Bonchev–Trinajstić information content (AvgIpc) is 3.11. The molecule has 1 aliphatic carbocycles. The summed E-state index contributed by atoms with van der Waals surface area (Å²) in [5, 5.41) is 10.1. The maximum absolute atomic E-state index is 5.60. The van der Waals surface area contributed by atoms with Crippen LogP contribution < -0.4 is 10.6 Å². The zero-order valence-corrected chi connectivity index (χ0v) is 16.1. The lowest BCUT2D eigenvalue weighted by atomic mass is 9.96. The molecule has 24 heavy (non-hydrogen) atoms. The molecule has 0 spiro atoms. The van der Waals surface area contributed by atoms with Crippen LogP contribution in [0.4, 0.5) is 0 Å². The summed E-state index contributed by atoms with van der Waals surface area (Å²) in [7, 11) is 0. The van der Waals surface area contributed by atoms with Gasteiger partial charge in [0.2, 0.25) is 0 Å². The molecule has 1 aromatic heterocycles. The van der Waals surface area contributed by atoms with Gasteiger partial charge in [-0.2, -0.15) is 0 Å². The van der Waals surface area contributed by atoms with Crippen molar-refractivity contribution in [1.29, 1.82) is 0 Å². The number of nitrogens with one attached hydrogen (secondary N) is 2. The van der Waals surface area contributed by atoms with Crippen molar-refractivity contribution >= 4 is 28.7 Å². The summed E-state index contributed by atoms with van der Waals surface area (Å²) in [6, 6.07) is 5.54. The number of thiophene rings is 1. The second kappa shape index (κ2) is 9.13. The molecule has 3 rings (SSSR count). The Morgan fingerprint density at radius 1 is 1.29 bits per heavy atom. The van der Waals surface area contributed by atoms with Crippen LogP contribution in [0.1, 0.15) is 49.9 Å². The molecule has 1 aromatic rings. The summed E-state index contributed by atoms with van der Waals surface area (Å²) in [5.74, 6) is 0. The Hall–Kier alpha value is -0.690. The number of ether oxygens (including phenoxy) is 1. The van der Waals surface area contributed by atoms with Crippen LogP contribution in [-0.2, 0) is 4.74 Å². The van der Waals surface area contributed by atoms with E-state index in [2.05, 4.69) is 40.0 Å². The van der Waals surface area contributed by atoms with Gasteiger partial charge in [-0.1, -0.05) is 25.3 Å². The summed E-state index contributed by atoms with van der Waals surface area (Å²) >= 11 is 7.43. The van der Waals surface area contributed by atoms with Gasteiger partial charge in [0.05, 0.1) is 19.3 Å². The fourth-order valence-corrected chi connectivity index (χ4v) is 5.13. The highest BCUT2D eigenvalue weighted by Gasteiger charge is 2.29. The summed E-state index contributed by atoms with van der Waals surface area (Å²) in [6.45, 7) is 5.85. The van der Waals surface area contributed by atoms with Crippen LogP contribution in [0.2, 0.25) is 0 Å². The first-order valence-corrected chi connectivity index (χ1v) is 10.4. The summed E-state index contributed by atoms with van der Waals surface area (Å²) in [4.78, 5) is 3.92. The number of hydrogen-bond acceptors (Lipinski definition) is 4. The SMILES string of the molecule is C[C@H](NC(=S)NC1CCCCC1)[C@H](c1cccs1)N1CCOCC1. The lowest BCUT2D eigenvalue weighted by molar-refractivity contribution is 0.0110. The van der Waals surface area contributed by atoms with Crippen molar-refractivity contribution in [2.24, 2.45) is 0 Å². The quantitative estimate of drug-likeness (QED) is 0.781. The largest absolute Gasteiger partial charge is 0.379 e. The minimum atomic E-state index is 0.269. The van der Waals surface area contributed by atoms with Gasteiger partial charge < -0.3 is 15.4 Å². The zero-order valence-electron chi connectivity index (χ0n) is 14.5. The highest BCUT2D eigenvalue weighted by atomic mass is 32.1. The Morgan fingerprint density at radius 2 is 2.04 bits per heavy atom. The van der Waals surface area contributed by atoms with Gasteiger partial charge in [-0.25, -0.2) is 0 Å². The maximum atomic E-state index is 5.60. The van der Waals surface area contributed by atoms with Gasteiger partial charge in [0.15, 0.2) is 5.11 Å². The van der Waals surface area contributed by atoms with E-state index in [-0.39, 0.29) is 6.04 Å². The van der Waals surface area contributed by atoms with Crippen LogP contribution in [0.25, 0.3) is 0 Å². The van der Waals surface area contributed by atoms with Crippen LogP contribution in [0, 0.1) is 0 Å². The molecule has 0 unspecified atom stereocenters. The molecule has 6 heteroatoms. The van der Waals surface area contributed by atoms with Crippen LogP contribution in [0.15, 0.2) is 17.5 Å². The van der Waals surface area contributed by atoms with Crippen molar-refractivity contribution in [2.75, 3.05) is 26.3 Å². The van der Waals surface area contributed by atoms with Crippen molar-refractivity contribution in [2.45, 2.75) is 57.2 Å². The Labute approximate surface area is 155 Å². The fourth-order valence-electron chi connectivity index (χ4n) is 3.82. The van der Waals surface area contributed by atoms with E-state index in [4.69, 9.17) is 17.0 Å². The molecule has 0 bridgehead atoms. The number of rotatable bonds is 5. The van der Waals surface area contributed by atoms with E-state index in [1.54, 1.807) is 0 Å². The molecular weight excluding hydrogens is 338 g/mol. The van der Waals surface area contributed by atoms with Crippen molar-refractivity contribution in [3.63, 3.8) is 0 Å². The number of thiocarbonyl (C=S) groups is 1. The summed E-state index contributed by atoms with van der Waals surface area (Å²) in [6.07, 6.45) is 6.50. The number of nitrogens with zero attached hydrogens (tertiary/aromatic N) is 1. The van der Waals surface area contributed by atoms with E-state index >= 15 is 0 Å². The van der Waals surface area contributed by atoms with Gasteiger partial charge in [0, 0.05) is 30.1 Å². The molecule has 2 N–H and O–H groups in total. The third-order valence-electron chi connectivity index (χ3n) is 5.05. The standard InChI is InChI=1S/C18H29N3OS2/c1-14(19-18(23)20-15-6-3-2-4-7-15)17(16-8-5-13-24-16)21-9-11-22-12-10-21/h5,8,13-15,17H,2-4,6-7,9-12H2,1H3,(H2,19,20,23)/t14-,17+/m0/s1. The summed E-state index contributed by atoms with van der Waals surface area (Å²) < 4.78 is 5.53. The molecule has 1 aliphatic heterocycles. The van der Waals surface area contributed by atoms with Crippen LogP contribution in [0.3, 0.4) is 0 Å². The van der Waals surface area contributed by atoms with Crippen molar-refractivity contribution in [1.82, 2.24) is 15.5 Å². The van der Waals surface area contributed by atoms with E-state index in [9.17, 15) is 0 Å². The van der Waals surface area contributed by atoms with Crippen LogP contribution in [-0.4, -0.2) is 48.4 Å². The highest BCUT2D eigenvalue weighted by Crippen LogP contribution is 2.29. The van der Waals surface area contributed by atoms with Gasteiger partial charge in [0.1, 0.15) is 0 Å². The molecule has 1 saturated carbocycles. The van der Waals surface area contributed by atoms with E-state index < -0.39 is 0 Å². The van der Waals surface area contributed by atoms with Crippen LogP contribution >= 0.6 is 23.6 Å². The zero-order chi connectivity index (χ0) is 16.8. The smallest absolute Gasteiger partial charge is 0.166 e. The van der Waals surface area contributed by atoms with E-state index in [1.807, 2.05) is 11.3 Å². The van der Waals surface area contributed by atoms with Crippen LogP contribution in [0.5, 0.6) is 0 Å². The number of hydrogen-bond donors (Lipinski definition) is 2. The van der Waals surface area contributed by atoms with Gasteiger partial charge >= 0.3 is 0 Å².